The number of H-pyrrole nitrogens is 1. The van der Waals surface area contributed by atoms with Crippen LogP contribution in [-0.2, 0) is 24.9 Å². The van der Waals surface area contributed by atoms with Gasteiger partial charge in [-0.15, -0.1) is 0 Å². The number of nitrogens with one attached hydrogen (secondary N) is 2. The Hall–Kier alpha value is -3.83. The number of benzene rings is 2. The number of anilines is 1. The summed E-state index contributed by atoms with van der Waals surface area (Å²) in [5.41, 5.74) is -8.47. The first kappa shape index (κ1) is 24.3. The van der Waals surface area contributed by atoms with E-state index in [1.165, 1.54) is 12.1 Å². The van der Waals surface area contributed by atoms with Crippen LogP contribution in [0.5, 0.6) is 0 Å². The number of hydrogen-bond donors (Lipinski definition) is 2. The number of nitrogens with zero attached hydrogens (tertiary/aromatic N) is 2. The highest BCUT2D eigenvalue weighted by molar-refractivity contribution is 5.99. The smallest absolute Gasteiger partial charge is 0.329 e. The van der Waals surface area contributed by atoms with Crippen molar-refractivity contribution in [2.24, 2.45) is 4.99 Å². The number of hydrogen-bond acceptors (Lipinski definition) is 4. The van der Waals surface area contributed by atoms with Crippen molar-refractivity contribution < 1.29 is 26.3 Å². The maximum absolute atomic E-state index is 14.3. The normalized spacial score (nSPS) is 15.2. The molecule has 6 nitrogen and oxygen atoms in total. The molecule has 0 spiro atoms. The molecule has 0 unspecified atom stereocenters. The molecule has 1 aliphatic rings. The fraction of sp³-hybridized carbons (Fsp3) is 0.261. The molecule has 0 aliphatic carbocycles. The molecule has 0 amide bonds. The summed E-state index contributed by atoms with van der Waals surface area (Å²) in [6, 6.07) is 16.3. The van der Waals surface area contributed by atoms with Crippen LogP contribution in [0, 0.1) is 0 Å². The third kappa shape index (κ3) is 4.35. The number of rotatable bonds is 5. The molecule has 2 aromatic carbocycles. The second kappa shape index (κ2) is 8.75. The second-order valence-electron chi connectivity index (χ2n) is 7.92. The average molecular weight is 496 g/mol. The van der Waals surface area contributed by atoms with Gasteiger partial charge in [0.1, 0.15) is 17.2 Å². The van der Waals surface area contributed by atoms with Gasteiger partial charge >= 0.3 is 18.0 Å². The molecule has 2 N–H and O–H groups in total. The van der Waals surface area contributed by atoms with Crippen LogP contribution < -0.4 is 16.6 Å². The van der Waals surface area contributed by atoms with Crippen LogP contribution in [0.15, 0.2) is 75.2 Å². The second-order valence-corrected chi connectivity index (χ2v) is 7.92. The van der Waals surface area contributed by atoms with Gasteiger partial charge in [-0.3, -0.25) is 14.3 Å². The lowest BCUT2D eigenvalue weighted by Crippen LogP contribution is -2.59. The predicted molar refractivity (Wildman–Crippen MR) is 116 cm³/mol. The van der Waals surface area contributed by atoms with E-state index in [2.05, 4.69) is 10.3 Å². The molecule has 2 heterocycles. The van der Waals surface area contributed by atoms with Crippen molar-refractivity contribution in [1.82, 2.24) is 9.55 Å². The first-order valence-electron chi connectivity index (χ1n) is 10.4. The van der Waals surface area contributed by atoms with E-state index >= 15 is 0 Å². The summed E-state index contributed by atoms with van der Waals surface area (Å²) in [4.78, 5) is 29.8. The van der Waals surface area contributed by atoms with Gasteiger partial charge in [0.15, 0.2) is 0 Å². The van der Waals surface area contributed by atoms with Crippen LogP contribution in [0.3, 0.4) is 0 Å². The highest BCUT2D eigenvalue weighted by atomic mass is 19.4. The number of fused-ring (bicyclic) bond motifs is 1. The maximum atomic E-state index is 14.3. The Balaban J connectivity index is 1.94. The zero-order valence-electron chi connectivity index (χ0n) is 17.9. The van der Waals surface area contributed by atoms with Crippen LogP contribution in [0.1, 0.15) is 16.7 Å². The first-order valence-corrected chi connectivity index (χ1v) is 10.4. The maximum Gasteiger partial charge on any atom is 0.427 e. The highest BCUT2D eigenvalue weighted by Crippen LogP contribution is 2.55. The zero-order chi connectivity index (χ0) is 25.4. The van der Waals surface area contributed by atoms with E-state index in [1.807, 2.05) is 0 Å². The Morgan fingerprint density at radius 2 is 1.37 bits per heavy atom. The summed E-state index contributed by atoms with van der Waals surface area (Å²) in [7, 11) is 0. The minimum absolute atomic E-state index is 0.108. The Bertz CT molecular complexity index is 1350. The van der Waals surface area contributed by atoms with Gasteiger partial charge in [0.05, 0.1) is 0 Å². The summed E-state index contributed by atoms with van der Waals surface area (Å²) in [6.07, 6.45) is -12.4. The van der Waals surface area contributed by atoms with E-state index in [9.17, 15) is 35.9 Å². The summed E-state index contributed by atoms with van der Waals surface area (Å²) >= 11 is 0. The monoisotopic (exact) mass is 496 g/mol. The number of aromatic amines is 1. The van der Waals surface area contributed by atoms with Gasteiger partial charge < -0.3 is 5.32 Å². The highest BCUT2D eigenvalue weighted by Gasteiger charge is 2.75. The topological polar surface area (TPSA) is 79.2 Å². The van der Waals surface area contributed by atoms with Crippen LogP contribution in [0.4, 0.5) is 32.2 Å². The minimum Gasteiger partial charge on any atom is -0.329 e. The Morgan fingerprint density at radius 3 is 1.91 bits per heavy atom. The number of amidine groups is 1. The lowest BCUT2D eigenvalue weighted by Gasteiger charge is -2.38. The van der Waals surface area contributed by atoms with E-state index in [0.29, 0.717) is 15.7 Å². The van der Waals surface area contributed by atoms with E-state index in [0.717, 1.165) is 0 Å². The molecule has 0 fully saturated rings. The molecular weight excluding hydrogens is 478 g/mol. The summed E-state index contributed by atoms with van der Waals surface area (Å²) in [5, 5.41) is 2.42. The van der Waals surface area contributed by atoms with Crippen molar-refractivity contribution in [1.29, 1.82) is 0 Å². The fourth-order valence-corrected chi connectivity index (χ4v) is 4.00. The lowest BCUT2D eigenvalue weighted by atomic mass is 9.87. The van der Waals surface area contributed by atoms with Gasteiger partial charge in [-0.2, -0.15) is 26.3 Å². The number of aromatic nitrogens is 2. The molecule has 35 heavy (non-hydrogen) atoms. The Kier molecular flexibility index (Phi) is 6.07. The molecule has 0 atom stereocenters. The molecule has 1 aliphatic heterocycles. The molecule has 12 heteroatoms. The molecule has 1 aromatic heterocycles. The molecule has 0 saturated heterocycles. The quantitative estimate of drug-likeness (QED) is 0.521. The number of aliphatic imine (C=N–C) groups is 1. The van der Waals surface area contributed by atoms with Crippen molar-refractivity contribution >= 4 is 11.7 Å². The summed E-state index contributed by atoms with van der Waals surface area (Å²) in [5.74, 6) is -1.57. The number of halogens is 6. The van der Waals surface area contributed by atoms with E-state index in [4.69, 9.17) is 0 Å². The number of alkyl halides is 6. The summed E-state index contributed by atoms with van der Waals surface area (Å²) in [6.45, 7) is -0.292. The molecule has 184 valence electrons. The number of aryl methyl sites for hydroxylation is 1. The van der Waals surface area contributed by atoms with Gasteiger partial charge in [0.25, 0.3) is 11.1 Å². The SMILES string of the molecule is O=c1[nH]c(=O)n(CCc2ccccc2)c2c1C(C(F)(F)F)(C(F)(F)F)N=C(Cc1ccccc1)N2. The standard InChI is InChI=1S/C23H18F6N4O2/c24-22(25,26)21(23(27,28)29)17-18(30-16(32-21)13-15-9-5-2-6-10-15)33(20(35)31-19(17)34)12-11-14-7-3-1-4-8-14/h1-10H,11-13H2,(H,30,32)(H,31,34,35). The van der Waals surface area contributed by atoms with Gasteiger partial charge in [0, 0.05) is 13.0 Å². The van der Waals surface area contributed by atoms with Crippen molar-refractivity contribution in [3.63, 3.8) is 0 Å². The molecule has 0 bridgehead atoms. The molecule has 3 aromatic rings. The van der Waals surface area contributed by atoms with Crippen LogP contribution in [0.25, 0.3) is 0 Å². The van der Waals surface area contributed by atoms with Crippen molar-refractivity contribution in [3.8, 4) is 0 Å². The molecule has 4 rings (SSSR count). The third-order valence-electron chi connectivity index (χ3n) is 5.63. The largest absolute Gasteiger partial charge is 0.427 e. The minimum atomic E-state index is -6.03. The van der Waals surface area contributed by atoms with E-state index in [1.54, 1.807) is 53.5 Å². The van der Waals surface area contributed by atoms with Gasteiger partial charge in [-0.1, -0.05) is 60.7 Å². The van der Waals surface area contributed by atoms with E-state index < -0.39 is 52.8 Å². The fourth-order valence-electron chi connectivity index (χ4n) is 4.00. The lowest BCUT2D eigenvalue weighted by molar-refractivity contribution is -0.301. The van der Waals surface area contributed by atoms with Crippen molar-refractivity contribution in [2.45, 2.75) is 37.3 Å². The average Bonchev–Trinajstić information content (AvgIpc) is 2.78. The van der Waals surface area contributed by atoms with Crippen LogP contribution in [-0.4, -0.2) is 27.7 Å². The molecule has 0 saturated carbocycles. The van der Waals surface area contributed by atoms with Gasteiger partial charge in [0.2, 0.25) is 0 Å². The zero-order valence-corrected chi connectivity index (χ0v) is 17.9. The van der Waals surface area contributed by atoms with Crippen molar-refractivity contribution in [3.05, 3.63) is 98.2 Å². The molecular formula is C23H18F6N4O2. The van der Waals surface area contributed by atoms with Crippen LogP contribution in [0.2, 0.25) is 0 Å². The van der Waals surface area contributed by atoms with Gasteiger partial charge in [-0.05, 0) is 17.5 Å². The molecule has 0 radical (unpaired) electrons. The summed E-state index contributed by atoms with van der Waals surface area (Å²) < 4.78 is 86.2. The van der Waals surface area contributed by atoms with Crippen molar-refractivity contribution in [2.75, 3.05) is 5.32 Å². The Labute approximate surface area is 194 Å². The van der Waals surface area contributed by atoms with E-state index in [-0.39, 0.29) is 13.0 Å². The van der Waals surface area contributed by atoms with Gasteiger partial charge in [-0.25, -0.2) is 9.79 Å². The third-order valence-corrected chi connectivity index (χ3v) is 5.63. The Morgan fingerprint density at radius 1 is 0.829 bits per heavy atom. The predicted octanol–water partition coefficient (Wildman–Crippen LogP) is 4.17. The van der Waals surface area contributed by atoms with Crippen LogP contribution >= 0.6 is 0 Å². The first-order chi connectivity index (χ1) is 16.4.